The maximum atomic E-state index is 11.3. The second-order valence-electron chi connectivity index (χ2n) is 3.81. The quantitative estimate of drug-likeness (QED) is 0.640. The smallest absolute Gasteiger partial charge is 0.237 e. The van der Waals surface area contributed by atoms with Gasteiger partial charge in [-0.1, -0.05) is 0 Å². The lowest BCUT2D eigenvalue weighted by Crippen LogP contribution is -2.51. The van der Waals surface area contributed by atoms with Gasteiger partial charge >= 0.3 is 0 Å². The number of hydrogen-bond donors (Lipinski definition) is 1. The molecule has 3 atom stereocenters. The Labute approximate surface area is 82.1 Å². The number of halogens is 1. The standard InChI is InChI=1S/C9H11ClN2O/c10-7-3-6(4-11)9(13)12-8(7)5-1-2-5/h5-8H,1-3H2,(H,12,13). The minimum absolute atomic E-state index is 0.0603. The molecule has 0 spiro atoms. The van der Waals surface area contributed by atoms with Crippen LogP contribution < -0.4 is 5.32 Å². The summed E-state index contributed by atoms with van der Waals surface area (Å²) in [5.41, 5.74) is 0. The van der Waals surface area contributed by atoms with Crippen molar-refractivity contribution in [2.24, 2.45) is 11.8 Å². The van der Waals surface area contributed by atoms with Gasteiger partial charge in [0, 0.05) is 6.04 Å². The molecule has 0 bridgehead atoms. The maximum absolute atomic E-state index is 11.3. The van der Waals surface area contributed by atoms with Crippen molar-refractivity contribution in [1.29, 1.82) is 5.26 Å². The Hall–Kier alpha value is -0.750. The van der Waals surface area contributed by atoms with Gasteiger partial charge < -0.3 is 5.32 Å². The van der Waals surface area contributed by atoms with Crippen molar-refractivity contribution in [2.75, 3.05) is 0 Å². The van der Waals surface area contributed by atoms with E-state index in [0.717, 1.165) is 12.8 Å². The van der Waals surface area contributed by atoms with Crippen molar-refractivity contribution in [3.05, 3.63) is 0 Å². The Morgan fingerprint density at radius 3 is 2.77 bits per heavy atom. The lowest BCUT2D eigenvalue weighted by Gasteiger charge is -2.30. The molecule has 0 aromatic heterocycles. The first-order valence-corrected chi connectivity index (χ1v) is 5.00. The van der Waals surface area contributed by atoms with Crippen LogP contribution in [0.5, 0.6) is 0 Å². The maximum Gasteiger partial charge on any atom is 0.237 e. The fraction of sp³-hybridized carbons (Fsp3) is 0.778. The molecule has 1 amide bonds. The molecule has 1 saturated carbocycles. The Kier molecular flexibility index (Phi) is 2.17. The molecule has 70 valence electrons. The number of alkyl halides is 1. The lowest BCUT2D eigenvalue weighted by atomic mass is 9.92. The van der Waals surface area contributed by atoms with E-state index < -0.39 is 5.92 Å². The number of nitriles is 1. The summed E-state index contributed by atoms with van der Waals surface area (Å²) in [6.45, 7) is 0. The Bertz CT molecular complexity index is 269. The van der Waals surface area contributed by atoms with Crippen LogP contribution in [0.1, 0.15) is 19.3 Å². The van der Waals surface area contributed by atoms with Crippen molar-refractivity contribution in [1.82, 2.24) is 5.32 Å². The van der Waals surface area contributed by atoms with Gasteiger partial charge in [-0.05, 0) is 25.2 Å². The molecule has 0 aromatic carbocycles. The number of nitrogens with one attached hydrogen (secondary N) is 1. The normalized spacial score (nSPS) is 39.4. The third-order valence-corrected chi connectivity index (χ3v) is 3.21. The first-order valence-electron chi connectivity index (χ1n) is 4.56. The summed E-state index contributed by atoms with van der Waals surface area (Å²) < 4.78 is 0. The SMILES string of the molecule is N#CC1CC(Cl)C(C2CC2)NC1=O. The van der Waals surface area contributed by atoms with Gasteiger partial charge in [-0.15, -0.1) is 11.6 Å². The molecular weight excluding hydrogens is 188 g/mol. The molecule has 1 aliphatic carbocycles. The minimum Gasteiger partial charge on any atom is -0.350 e. The van der Waals surface area contributed by atoms with Crippen LogP contribution in [0.15, 0.2) is 0 Å². The number of piperidine rings is 1. The third kappa shape index (κ3) is 1.64. The molecule has 3 nitrogen and oxygen atoms in total. The van der Waals surface area contributed by atoms with Crippen LogP contribution in [-0.2, 0) is 4.79 Å². The fourth-order valence-electron chi connectivity index (χ4n) is 1.81. The summed E-state index contributed by atoms with van der Waals surface area (Å²) in [5, 5.41) is 11.4. The molecule has 2 fully saturated rings. The summed E-state index contributed by atoms with van der Waals surface area (Å²) >= 11 is 6.09. The lowest BCUT2D eigenvalue weighted by molar-refractivity contribution is -0.126. The number of amides is 1. The van der Waals surface area contributed by atoms with E-state index >= 15 is 0 Å². The number of nitrogens with zero attached hydrogens (tertiary/aromatic N) is 1. The van der Waals surface area contributed by atoms with E-state index in [1.165, 1.54) is 0 Å². The van der Waals surface area contributed by atoms with Gasteiger partial charge in [-0.2, -0.15) is 5.26 Å². The second kappa shape index (κ2) is 3.19. The van der Waals surface area contributed by atoms with Crippen LogP contribution in [0.3, 0.4) is 0 Å². The molecule has 2 rings (SSSR count). The van der Waals surface area contributed by atoms with E-state index in [-0.39, 0.29) is 17.3 Å². The predicted octanol–water partition coefficient (Wildman–Crippen LogP) is 1.03. The van der Waals surface area contributed by atoms with Crippen LogP contribution in [0, 0.1) is 23.2 Å². The van der Waals surface area contributed by atoms with Gasteiger partial charge in [0.25, 0.3) is 0 Å². The van der Waals surface area contributed by atoms with Crippen LogP contribution >= 0.6 is 11.6 Å². The van der Waals surface area contributed by atoms with Gasteiger partial charge in [-0.25, -0.2) is 0 Å². The molecule has 3 unspecified atom stereocenters. The molecule has 1 aliphatic heterocycles. The van der Waals surface area contributed by atoms with E-state index in [0.29, 0.717) is 12.3 Å². The van der Waals surface area contributed by atoms with Gasteiger partial charge in [0.15, 0.2) is 0 Å². The molecule has 13 heavy (non-hydrogen) atoms. The summed E-state index contributed by atoms with van der Waals surface area (Å²) in [6.07, 6.45) is 2.82. The molecular formula is C9H11ClN2O. The Morgan fingerprint density at radius 2 is 2.23 bits per heavy atom. The van der Waals surface area contributed by atoms with Crippen LogP contribution in [0.2, 0.25) is 0 Å². The van der Waals surface area contributed by atoms with Gasteiger partial charge in [-0.3, -0.25) is 4.79 Å². The van der Waals surface area contributed by atoms with Crippen molar-refractivity contribution in [2.45, 2.75) is 30.7 Å². The number of rotatable bonds is 1. The molecule has 1 heterocycles. The van der Waals surface area contributed by atoms with Crippen LogP contribution in [0.25, 0.3) is 0 Å². The highest BCUT2D eigenvalue weighted by molar-refractivity contribution is 6.21. The number of carbonyl (C=O) groups is 1. The molecule has 1 N–H and O–H groups in total. The fourth-order valence-corrected chi connectivity index (χ4v) is 2.26. The molecule has 1 saturated heterocycles. The minimum atomic E-state index is -0.544. The molecule has 4 heteroatoms. The third-order valence-electron chi connectivity index (χ3n) is 2.76. The number of carbonyl (C=O) groups excluding carboxylic acids is 1. The highest BCUT2D eigenvalue weighted by atomic mass is 35.5. The molecule has 0 aromatic rings. The van der Waals surface area contributed by atoms with Gasteiger partial charge in [0.2, 0.25) is 5.91 Å². The monoisotopic (exact) mass is 198 g/mol. The highest BCUT2D eigenvalue weighted by Crippen LogP contribution is 2.38. The van der Waals surface area contributed by atoms with Crippen molar-refractivity contribution in [3.8, 4) is 6.07 Å². The zero-order valence-electron chi connectivity index (χ0n) is 7.16. The van der Waals surface area contributed by atoms with E-state index in [2.05, 4.69) is 5.32 Å². The highest BCUT2D eigenvalue weighted by Gasteiger charge is 2.42. The van der Waals surface area contributed by atoms with E-state index in [1.807, 2.05) is 6.07 Å². The van der Waals surface area contributed by atoms with E-state index in [9.17, 15) is 4.79 Å². The van der Waals surface area contributed by atoms with Crippen LogP contribution in [0.4, 0.5) is 0 Å². The van der Waals surface area contributed by atoms with E-state index in [1.54, 1.807) is 0 Å². The Morgan fingerprint density at radius 1 is 1.54 bits per heavy atom. The van der Waals surface area contributed by atoms with E-state index in [4.69, 9.17) is 16.9 Å². The predicted molar refractivity (Wildman–Crippen MR) is 48.0 cm³/mol. The van der Waals surface area contributed by atoms with Crippen molar-refractivity contribution < 1.29 is 4.79 Å². The first-order chi connectivity index (χ1) is 6.22. The summed E-state index contributed by atoms with van der Waals surface area (Å²) in [5.74, 6) is -0.125. The van der Waals surface area contributed by atoms with Gasteiger partial charge in [0.05, 0.1) is 11.4 Å². The second-order valence-corrected chi connectivity index (χ2v) is 4.37. The first kappa shape index (κ1) is 8.83. The number of hydrogen-bond acceptors (Lipinski definition) is 2. The Balaban J connectivity index is 2.04. The average molecular weight is 199 g/mol. The molecule has 2 aliphatic rings. The summed E-state index contributed by atoms with van der Waals surface area (Å²) in [7, 11) is 0. The molecule has 0 radical (unpaired) electrons. The van der Waals surface area contributed by atoms with Crippen molar-refractivity contribution in [3.63, 3.8) is 0 Å². The average Bonchev–Trinajstić information content (AvgIpc) is 2.91. The van der Waals surface area contributed by atoms with Crippen molar-refractivity contribution >= 4 is 17.5 Å². The zero-order valence-corrected chi connectivity index (χ0v) is 7.92. The largest absolute Gasteiger partial charge is 0.350 e. The topological polar surface area (TPSA) is 52.9 Å². The summed E-state index contributed by atoms with van der Waals surface area (Å²) in [6, 6.07) is 2.08. The summed E-state index contributed by atoms with van der Waals surface area (Å²) in [4.78, 5) is 11.3. The van der Waals surface area contributed by atoms with Gasteiger partial charge in [0.1, 0.15) is 5.92 Å². The zero-order chi connectivity index (χ0) is 9.42. The van der Waals surface area contributed by atoms with Crippen LogP contribution in [-0.4, -0.2) is 17.3 Å².